The topological polar surface area (TPSA) is 37.8 Å². The van der Waals surface area contributed by atoms with Gasteiger partial charge in [-0.05, 0) is 37.6 Å². The summed E-state index contributed by atoms with van der Waals surface area (Å²) >= 11 is 5.10. The van der Waals surface area contributed by atoms with E-state index < -0.39 is 0 Å². The monoisotopic (exact) mass is 337 g/mol. The molecule has 100 valence electrons. The summed E-state index contributed by atoms with van der Waals surface area (Å²) in [6, 6.07) is 8.23. The Bertz CT molecular complexity index is 543. The molecule has 0 saturated carbocycles. The lowest BCUT2D eigenvalue weighted by Crippen LogP contribution is -2.05. The van der Waals surface area contributed by atoms with E-state index in [9.17, 15) is 0 Å². The van der Waals surface area contributed by atoms with E-state index in [0.29, 0.717) is 5.95 Å². The number of nitrogens with one attached hydrogen (secondary N) is 1. The van der Waals surface area contributed by atoms with Crippen molar-refractivity contribution < 1.29 is 0 Å². The largest absolute Gasteiger partial charge is 0.354 e. The summed E-state index contributed by atoms with van der Waals surface area (Å²) in [5.74, 6) is 0.701. The van der Waals surface area contributed by atoms with Gasteiger partial charge in [0.15, 0.2) is 0 Å². The molecule has 0 saturated heterocycles. The van der Waals surface area contributed by atoms with Crippen molar-refractivity contribution in [3.63, 3.8) is 0 Å². The zero-order valence-electron chi connectivity index (χ0n) is 11.0. The van der Waals surface area contributed by atoms with Gasteiger partial charge in [-0.15, -0.1) is 0 Å². The highest BCUT2D eigenvalue weighted by molar-refractivity contribution is 9.10. The van der Waals surface area contributed by atoms with Gasteiger partial charge in [0.05, 0.1) is 0 Å². The maximum Gasteiger partial charge on any atom is 0.223 e. The highest BCUT2D eigenvalue weighted by Gasteiger charge is 2.05. The minimum absolute atomic E-state index is 0.701. The van der Waals surface area contributed by atoms with Crippen LogP contribution in [0.4, 0.5) is 5.95 Å². The van der Waals surface area contributed by atoms with Crippen molar-refractivity contribution in [1.82, 2.24) is 9.97 Å². The summed E-state index contributed by atoms with van der Waals surface area (Å²) in [7, 11) is 0. The molecule has 0 aliphatic carbocycles. The van der Waals surface area contributed by atoms with Crippen LogP contribution in [0.2, 0.25) is 0 Å². The Morgan fingerprint density at radius 1 is 1.26 bits per heavy atom. The number of aromatic nitrogens is 2. The highest BCUT2D eigenvalue weighted by Crippen LogP contribution is 2.29. The summed E-state index contributed by atoms with van der Waals surface area (Å²) in [5.41, 5.74) is 1.09. The quantitative estimate of drug-likeness (QED) is 0.814. The molecule has 0 aliphatic heterocycles. The highest BCUT2D eigenvalue weighted by atomic mass is 79.9. The molecule has 0 spiro atoms. The fraction of sp³-hybridized carbons (Fsp3) is 0.286. The Morgan fingerprint density at radius 2 is 2.00 bits per heavy atom. The molecular weight excluding hydrogens is 322 g/mol. The molecule has 0 atom stereocenters. The first kappa shape index (κ1) is 14.3. The molecule has 0 amide bonds. The molecule has 1 aromatic heterocycles. The fourth-order valence-electron chi connectivity index (χ4n) is 1.47. The number of hydrogen-bond donors (Lipinski definition) is 1. The van der Waals surface area contributed by atoms with Gasteiger partial charge in [-0.3, -0.25) is 0 Å². The van der Waals surface area contributed by atoms with Gasteiger partial charge in [-0.1, -0.05) is 34.6 Å². The van der Waals surface area contributed by atoms with E-state index in [1.807, 2.05) is 25.3 Å². The molecule has 1 N–H and O–H groups in total. The average molecular weight is 338 g/mol. The fourth-order valence-corrected chi connectivity index (χ4v) is 2.57. The maximum atomic E-state index is 4.56. The number of benzene rings is 1. The van der Waals surface area contributed by atoms with Crippen LogP contribution in [-0.4, -0.2) is 16.5 Å². The van der Waals surface area contributed by atoms with Gasteiger partial charge in [0.1, 0.15) is 5.03 Å². The minimum atomic E-state index is 0.701. The van der Waals surface area contributed by atoms with E-state index in [4.69, 9.17) is 0 Å². The average Bonchev–Trinajstić information content (AvgIpc) is 2.42. The van der Waals surface area contributed by atoms with Crippen molar-refractivity contribution >= 4 is 33.6 Å². The van der Waals surface area contributed by atoms with Crippen LogP contribution in [0.3, 0.4) is 0 Å². The summed E-state index contributed by atoms with van der Waals surface area (Å²) in [6.45, 7) is 5.05. The van der Waals surface area contributed by atoms with Crippen LogP contribution in [0.25, 0.3) is 0 Å². The van der Waals surface area contributed by atoms with Crippen LogP contribution in [0.15, 0.2) is 44.9 Å². The summed E-state index contributed by atoms with van der Waals surface area (Å²) in [5, 5.41) is 4.21. The van der Waals surface area contributed by atoms with E-state index in [-0.39, 0.29) is 0 Å². The molecule has 1 heterocycles. The minimum Gasteiger partial charge on any atom is -0.354 e. The van der Waals surface area contributed by atoms with E-state index in [1.54, 1.807) is 11.8 Å². The third-order valence-electron chi connectivity index (χ3n) is 2.49. The van der Waals surface area contributed by atoms with Crippen LogP contribution in [0, 0.1) is 6.92 Å². The first-order chi connectivity index (χ1) is 9.19. The third-order valence-corrected chi connectivity index (χ3v) is 4.13. The van der Waals surface area contributed by atoms with Crippen molar-refractivity contribution in [2.45, 2.75) is 30.2 Å². The predicted molar refractivity (Wildman–Crippen MR) is 83.8 cm³/mol. The molecule has 0 bridgehead atoms. The molecule has 19 heavy (non-hydrogen) atoms. The molecule has 0 aliphatic rings. The first-order valence-electron chi connectivity index (χ1n) is 6.20. The van der Waals surface area contributed by atoms with E-state index in [1.165, 1.54) is 4.90 Å². The summed E-state index contributed by atoms with van der Waals surface area (Å²) < 4.78 is 1.08. The van der Waals surface area contributed by atoms with Crippen molar-refractivity contribution in [1.29, 1.82) is 0 Å². The zero-order valence-corrected chi connectivity index (χ0v) is 13.4. The number of halogens is 1. The van der Waals surface area contributed by atoms with Crippen molar-refractivity contribution in [2.24, 2.45) is 0 Å². The van der Waals surface area contributed by atoms with Gasteiger partial charge in [0.25, 0.3) is 0 Å². The van der Waals surface area contributed by atoms with Crippen LogP contribution < -0.4 is 5.32 Å². The van der Waals surface area contributed by atoms with Crippen molar-refractivity contribution in [3.05, 3.63) is 40.5 Å². The normalized spacial score (nSPS) is 10.5. The number of hydrogen-bond acceptors (Lipinski definition) is 4. The second kappa shape index (κ2) is 6.91. The van der Waals surface area contributed by atoms with E-state index >= 15 is 0 Å². The SMILES string of the molecule is CCCNc1ncc(C)c(Sc2ccc(Br)cc2)n1. The Morgan fingerprint density at radius 3 is 2.68 bits per heavy atom. The Hall–Kier alpha value is -1.07. The number of anilines is 1. The number of aryl methyl sites for hydroxylation is 1. The predicted octanol–water partition coefficient (Wildman–Crippen LogP) is 4.52. The lowest BCUT2D eigenvalue weighted by Gasteiger charge is -2.08. The van der Waals surface area contributed by atoms with Gasteiger partial charge < -0.3 is 5.32 Å². The van der Waals surface area contributed by atoms with Crippen LogP contribution in [0.1, 0.15) is 18.9 Å². The van der Waals surface area contributed by atoms with Gasteiger partial charge in [-0.2, -0.15) is 0 Å². The molecular formula is C14H16BrN3S. The molecule has 0 unspecified atom stereocenters. The zero-order chi connectivity index (χ0) is 13.7. The summed E-state index contributed by atoms with van der Waals surface area (Å²) in [4.78, 5) is 10.0. The standard InChI is InChI=1S/C14H16BrN3S/c1-3-8-16-14-17-9-10(2)13(18-14)19-12-6-4-11(15)5-7-12/h4-7,9H,3,8H2,1-2H3,(H,16,17,18). The van der Waals surface area contributed by atoms with Gasteiger partial charge >= 0.3 is 0 Å². The maximum absolute atomic E-state index is 4.56. The third kappa shape index (κ3) is 4.21. The van der Waals surface area contributed by atoms with Crippen LogP contribution in [0.5, 0.6) is 0 Å². The smallest absolute Gasteiger partial charge is 0.223 e. The molecule has 3 nitrogen and oxygen atoms in total. The lowest BCUT2D eigenvalue weighted by molar-refractivity contribution is 0.925. The summed E-state index contributed by atoms with van der Waals surface area (Å²) in [6.07, 6.45) is 2.93. The Balaban J connectivity index is 2.16. The first-order valence-corrected chi connectivity index (χ1v) is 7.81. The molecule has 2 rings (SSSR count). The molecule has 0 fully saturated rings. The van der Waals surface area contributed by atoms with Crippen LogP contribution in [-0.2, 0) is 0 Å². The Kier molecular flexibility index (Phi) is 5.22. The molecule has 1 aromatic carbocycles. The Labute approximate surface area is 126 Å². The van der Waals surface area contributed by atoms with Crippen molar-refractivity contribution in [2.75, 3.05) is 11.9 Å². The van der Waals surface area contributed by atoms with E-state index in [0.717, 1.165) is 28.0 Å². The van der Waals surface area contributed by atoms with E-state index in [2.05, 4.69) is 50.3 Å². The number of rotatable bonds is 5. The second-order valence-corrected chi connectivity index (χ2v) is 6.14. The molecule has 5 heteroatoms. The van der Waals surface area contributed by atoms with Gasteiger partial charge in [-0.25, -0.2) is 9.97 Å². The van der Waals surface area contributed by atoms with Gasteiger partial charge in [0.2, 0.25) is 5.95 Å². The van der Waals surface area contributed by atoms with Crippen LogP contribution >= 0.6 is 27.7 Å². The van der Waals surface area contributed by atoms with Crippen molar-refractivity contribution in [3.8, 4) is 0 Å². The van der Waals surface area contributed by atoms with Gasteiger partial charge in [0, 0.05) is 27.7 Å². The lowest BCUT2D eigenvalue weighted by atomic mass is 10.4. The molecule has 0 radical (unpaired) electrons. The number of nitrogens with zero attached hydrogens (tertiary/aromatic N) is 2. The molecule has 2 aromatic rings. The second-order valence-electron chi connectivity index (χ2n) is 4.16.